The molecule has 2 saturated heterocycles. The molecule has 2 rings (SSSR count). The second-order valence-corrected chi connectivity index (χ2v) is 7.84. The molecule has 0 spiro atoms. The molecule has 0 aromatic rings. The lowest BCUT2D eigenvalue weighted by molar-refractivity contribution is -0.146. The first-order valence-corrected chi connectivity index (χ1v) is 8.84. The van der Waals surface area contributed by atoms with Gasteiger partial charge in [0.25, 0.3) is 10.2 Å². The van der Waals surface area contributed by atoms with Gasteiger partial charge in [-0.2, -0.15) is 17.0 Å². The number of nitrogens with two attached hydrogens (primary N) is 1. The van der Waals surface area contributed by atoms with Crippen LogP contribution in [0, 0.1) is 11.8 Å². The minimum atomic E-state index is -3.45. The molecule has 2 aliphatic heterocycles. The van der Waals surface area contributed by atoms with Crippen LogP contribution in [0.3, 0.4) is 0 Å². The zero-order chi connectivity index (χ0) is 15.6. The first-order valence-electron chi connectivity index (χ1n) is 7.45. The summed E-state index contributed by atoms with van der Waals surface area (Å²) in [6, 6.07) is -0.0121. The second-order valence-electron chi connectivity index (χ2n) is 5.96. The quantitative estimate of drug-likeness (QED) is 0.724. The van der Waals surface area contributed by atoms with E-state index >= 15 is 0 Å². The molecule has 0 saturated carbocycles. The predicted molar refractivity (Wildman–Crippen MR) is 78.6 cm³/mol. The minimum absolute atomic E-state index is 0.0121. The molecular formula is C13H25N3O4S. The number of carbonyl (C=O) groups excluding carboxylic acids is 1. The van der Waals surface area contributed by atoms with Gasteiger partial charge in [0, 0.05) is 25.7 Å². The lowest BCUT2D eigenvalue weighted by atomic mass is 9.99. The Morgan fingerprint density at radius 1 is 1.33 bits per heavy atom. The SMILES string of the molecule is COC(=O)C1CCN(S(=O)(=O)N2CC(CN)CC2C)CC1. The third-order valence-corrected chi connectivity index (χ3v) is 6.67. The van der Waals surface area contributed by atoms with Crippen LogP contribution in [0.4, 0.5) is 0 Å². The molecule has 2 aliphatic rings. The second kappa shape index (κ2) is 6.60. The smallest absolute Gasteiger partial charge is 0.308 e. The normalized spacial score (nSPS) is 29.7. The summed E-state index contributed by atoms with van der Waals surface area (Å²) in [5, 5.41) is 0. The van der Waals surface area contributed by atoms with Gasteiger partial charge in [0.05, 0.1) is 13.0 Å². The van der Waals surface area contributed by atoms with Gasteiger partial charge < -0.3 is 10.5 Å². The van der Waals surface area contributed by atoms with E-state index in [1.807, 2.05) is 6.92 Å². The molecule has 122 valence electrons. The molecule has 2 heterocycles. The van der Waals surface area contributed by atoms with Crippen molar-refractivity contribution in [2.75, 3.05) is 33.3 Å². The van der Waals surface area contributed by atoms with Gasteiger partial charge in [0.2, 0.25) is 0 Å². The average molecular weight is 319 g/mol. The zero-order valence-electron chi connectivity index (χ0n) is 12.7. The third-order valence-electron chi connectivity index (χ3n) is 4.55. The van der Waals surface area contributed by atoms with E-state index in [2.05, 4.69) is 0 Å². The number of hydrogen-bond acceptors (Lipinski definition) is 5. The van der Waals surface area contributed by atoms with Gasteiger partial charge in [-0.3, -0.25) is 4.79 Å². The molecule has 2 N–H and O–H groups in total. The van der Waals surface area contributed by atoms with Crippen molar-refractivity contribution in [3.05, 3.63) is 0 Å². The van der Waals surface area contributed by atoms with Crippen molar-refractivity contribution in [3.63, 3.8) is 0 Å². The number of esters is 1. The maximum Gasteiger partial charge on any atom is 0.308 e. The Kier molecular flexibility index (Phi) is 5.24. The number of carbonyl (C=O) groups is 1. The molecule has 0 bridgehead atoms. The Hall–Kier alpha value is -0.700. The van der Waals surface area contributed by atoms with Crippen LogP contribution in [0.15, 0.2) is 0 Å². The molecule has 0 amide bonds. The number of rotatable bonds is 4. The van der Waals surface area contributed by atoms with E-state index < -0.39 is 10.2 Å². The lowest BCUT2D eigenvalue weighted by Crippen LogP contribution is -2.49. The first kappa shape index (κ1) is 16.7. The molecule has 2 fully saturated rings. The standard InChI is InChI=1S/C13H25N3O4S/c1-10-7-11(8-14)9-16(10)21(18,19)15-5-3-12(4-6-15)13(17)20-2/h10-12H,3-9,14H2,1-2H3. The fraction of sp³-hybridized carbons (Fsp3) is 0.923. The van der Waals surface area contributed by atoms with Crippen molar-refractivity contribution in [1.82, 2.24) is 8.61 Å². The van der Waals surface area contributed by atoms with Crippen LogP contribution in [0.1, 0.15) is 26.2 Å². The summed E-state index contributed by atoms with van der Waals surface area (Å²) < 4.78 is 33.2. The number of ether oxygens (including phenoxy) is 1. The fourth-order valence-corrected chi connectivity index (χ4v) is 5.15. The van der Waals surface area contributed by atoms with E-state index in [0.717, 1.165) is 6.42 Å². The monoisotopic (exact) mass is 319 g/mol. The Morgan fingerprint density at radius 3 is 2.43 bits per heavy atom. The van der Waals surface area contributed by atoms with Gasteiger partial charge in [-0.05, 0) is 38.6 Å². The number of methoxy groups -OCH3 is 1. The van der Waals surface area contributed by atoms with E-state index in [9.17, 15) is 13.2 Å². The highest BCUT2D eigenvalue weighted by molar-refractivity contribution is 7.86. The van der Waals surface area contributed by atoms with Crippen LogP contribution >= 0.6 is 0 Å². The van der Waals surface area contributed by atoms with Gasteiger partial charge in [-0.15, -0.1) is 0 Å². The molecule has 0 aliphatic carbocycles. The molecule has 0 aromatic carbocycles. The molecule has 2 unspecified atom stereocenters. The van der Waals surface area contributed by atoms with E-state index in [4.69, 9.17) is 10.5 Å². The van der Waals surface area contributed by atoms with Gasteiger partial charge in [0.15, 0.2) is 0 Å². The van der Waals surface area contributed by atoms with E-state index in [0.29, 0.717) is 39.0 Å². The van der Waals surface area contributed by atoms with Crippen LogP contribution in [0.25, 0.3) is 0 Å². The number of nitrogens with zero attached hydrogens (tertiary/aromatic N) is 2. The Morgan fingerprint density at radius 2 is 1.95 bits per heavy atom. The van der Waals surface area contributed by atoms with Crippen molar-refractivity contribution in [2.45, 2.75) is 32.2 Å². The number of piperidine rings is 1. The molecule has 8 heteroatoms. The van der Waals surface area contributed by atoms with E-state index in [-0.39, 0.29) is 23.8 Å². The molecule has 7 nitrogen and oxygen atoms in total. The summed E-state index contributed by atoms with van der Waals surface area (Å²) in [5.74, 6) is -0.193. The fourth-order valence-electron chi connectivity index (χ4n) is 3.24. The third kappa shape index (κ3) is 3.39. The Bertz CT molecular complexity index is 474. The summed E-state index contributed by atoms with van der Waals surface area (Å²) in [6.07, 6.45) is 1.86. The minimum Gasteiger partial charge on any atom is -0.469 e. The molecule has 0 aromatic heterocycles. The average Bonchev–Trinajstić information content (AvgIpc) is 2.88. The summed E-state index contributed by atoms with van der Waals surface area (Å²) >= 11 is 0. The van der Waals surface area contributed by atoms with Crippen molar-refractivity contribution < 1.29 is 17.9 Å². The summed E-state index contributed by atoms with van der Waals surface area (Å²) in [5.41, 5.74) is 5.66. The highest BCUT2D eigenvalue weighted by atomic mass is 32.2. The van der Waals surface area contributed by atoms with Crippen molar-refractivity contribution in [1.29, 1.82) is 0 Å². The highest BCUT2D eigenvalue weighted by Gasteiger charge is 2.41. The zero-order valence-corrected chi connectivity index (χ0v) is 13.5. The van der Waals surface area contributed by atoms with Crippen LogP contribution in [-0.2, 0) is 19.7 Å². The molecule has 0 radical (unpaired) electrons. The molecular weight excluding hydrogens is 294 g/mol. The maximum absolute atomic E-state index is 12.7. The van der Waals surface area contributed by atoms with Crippen LogP contribution in [-0.4, -0.2) is 62.3 Å². The number of hydrogen-bond donors (Lipinski definition) is 1. The van der Waals surface area contributed by atoms with E-state index in [1.54, 1.807) is 4.31 Å². The summed E-state index contributed by atoms with van der Waals surface area (Å²) in [6.45, 7) is 3.68. The van der Waals surface area contributed by atoms with Crippen LogP contribution in [0.2, 0.25) is 0 Å². The van der Waals surface area contributed by atoms with Crippen molar-refractivity contribution in [3.8, 4) is 0 Å². The largest absolute Gasteiger partial charge is 0.469 e. The van der Waals surface area contributed by atoms with Crippen LogP contribution in [0.5, 0.6) is 0 Å². The maximum atomic E-state index is 12.7. The first-order chi connectivity index (χ1) is 9.90. The molecule has 21 heavy (non-hydrogen) atoms. The lowest BCUT2D eigenvalue weighted by Gasteiger charge is -2.34. The summed E-state index contributed by atoms with van der Waals surface area (Å²) in [4.78, 5) is 11.5. The Balaban J connectivity index is 2.00. The van der Waals surface area contributed by atoms with Gasteiger partial charge >= 0.3 is 5.97 Å². The highest BCUT2D eigenvalue weighted by Crippen LogP contribution is 2.29. The van der Waals surface area contributed by atoms with Crippen molar-refractivity contribution >= 4 is 16.2 Å². The molecule has 2 atom stereocenters. The van der Waals surface area contributed by atoms with Gasteiger partial charge in [0.1, 0.15) is 0 Å². The van der Waals surface area contributed by atoms with Gasteiger partial charge in [-0.1, -0.05) is 0 Å². The summed E-state index contributed by atoms with van der Waals surface area (Å²) in [7, 11) is -2.09. The van der Waals surface area contributed by atoms with Gasteiger partial charge in [-0.25, -0.2) is 0 Å². The van der Waals surface area contributed by atoms with Crippen LogP contribution < -0.4 is 5.73 Å². The van der Waals surface area contributed by atoms with E-state index in [1.165, 1.54) is 11.4 Å². The topological polar surface area (TPSA) is 92.9 Å². The Labute approximate surface area is 126 Å². The predicted octanol–water partition coefficient (Wildman–Crippen LogP) is -0.215. The van der Waals surface area contributed by atoms with Crippen molar-refractivity contribution in [2.24, 2.45) is 17.6 Å².